The Kier molecular flexibility index (Phi) is 7.37. The monoisotopic (exact) mass is 371 g/mol. The van der Waals surface area contributed by atoms with Crippen molar-refractivity contribution in [1.82, 2.24) is 5.32 Å². The van der Waals surface area contributed by atoms with Crippen molar-refractivity contribution in [2.24, 2.45) is 5.92 Å². The summed E-state index contributed by atoms with van der Waals surface area (Å²) in [5.41, 5.74) is 1.54. The molecule has 2 rings (SSSR count). The summed E-state index contributed by atoms with van der Waals surface area (Å²) in [5, 5.41) is 20.9. The van der Waals surface area contributed by atoms with Gasteiger partial charge in [-0.1, -0.05) is 60.7 Å². The van der Waals surface area contributed by atoms with Crippen LogP contribution in [0.3, 0.4) is 0 Å². The quantitative estimate of drug-likeness (QED) is 0.625. The van der Waals surface area contributed by atoms with E-state index in [0.717, 1.165) is 11.1 Å². The average Bonchev–Trinajstić information content (AvgIpc) is 2.65. The Balaban J connectivity index is 2.05. The second kappa shape index (κ2) is 9.96. The number of rotatable bonds is 9. The van der Waals surface area contributed by atoms with E-state index in [-0.39, 0.29) is 13.0 Å². The number of carboxylic acid groups (broad SMARTS) is 2. The van der Waals surface area contributed by atoms with E-state index in [4.69, 9.17) is 9.84 Å². The zero-order chi connectivity index (χ0) is 19.6. The molecular weight excluding hydrogens is 350 g/mol. The maximum atomic E-state index is 12.0. The molecule has 2 aromatic rings. The van der Waals surface area contributed by atoms with E-state index in [2.05, 4.69) is 5.32 Å². The van der Waals surface area contributed by atoms with E-state index in [9.17, 15) is 19.5 Å². The molecule has 0 saturated carbocycles. The van der Waals surface area contributed by atoms with E-state index < -0.39 is 36.4 Å². The Morgan fingerprint density at radius 3 is 1.96 bits per heavy atom. The van der Waals surface area contributed by atoms with Crippen LogP contribution >= 0.6 is 0 Å². The zero-order valence-electron chi connectivity index (χ0n) is 14.6. The van der Waals surface area contributed by atoms with Crippen LogP contribution in [-0.2, 0) is 27.4 Å². The minimum atomic E-state index is -1.38. The molecule has 0 heterocycles. The highest BCUT2D eigenvalue weighted by atomic mass is 16.5. The van der Waals surface area contributed by atoms with Gasteiger partial charge in [0.2, 0.25) is 0 Å². The van der Waals surface area contributed by atoms with Crippen molar-refractivity contribution in [2.45, 2.75) is 25.5 Å². The molecule has 0 fully saturated rings. The number of aliphatic carboxylic acids is 2. The number of hydrogen-bond donors (Lipinski definition) is 3. The van der Waals surface area contributed by atoms with Gasteiger partial charge in [-0.2, -0.15) is 0 Å². The summed E-state index contributed by atoms with van der Waals surface area (Å²) in [5.74, 6) is -3.28. The van der Waals surface area contributed by atoms with Crippen molar-refractivity contribution in [3.05, 3.63) is 71.8 Å². The number of benzene rings is 2. The Morgan fingerprint density at radius 1 is 0.889 bits per heavy atom. The molecule has 142 valence electrons. The van der Waals surface area contributed by atoms with E-state index in [1.165, 1.54) is 0 Å². The summed E-state index contributed by atoms with van der Waals surface area (Å²) in [4.78, 5) is 34.9. The molecule has 7 nitrogen and oxygen atoms in total. The highest BCUT2D eigenvalue weighted by molar-refractivity contribution is 5.81. The maximum absolute atomic E-state index is 12.0. The van der Waals surface area contributed by atoms with E-state index in [0.29, 0.717) is 0 Å². The summed E-state index contributed by atoms with van der Waals surface area (Å²) >= 11 is 0. The lowest BCUT2D eigenvalue weighted by molar-refractivity contribution is -0.142. The number of hydrogen-bond acceptors (Lipinski definition) is 4. The van der Waals surface area contributed by atoms with Gasteiger partial charge < -0.3 is 20.3 Å². The lowest BCUT2D eigenvalue weighted by Gasteiger charge is -2.23. The largest absolute Gasteiger partial charge is 0.481 e. The van der Waals surface area contributed by atoms with Crippen molar-refractivity contribution in [3.8, 4) is 0 Å². The third-order valence-electron chi connectivity index (χ3n) is 4.00. The second-order valence-electron chi connectivity index (χ2n) is 6.07. The zero-order valence-corrected chi connectivity index (χ0v) is 14.6. The summed E-state index contributed by atoms with van der Waals surface area (Å²) in [6.07, 6.45) is -1.11. The smallest absolute Gasteiger partial charge is 0.408 e. The van der Waals surface area contributed by atoms with Crippen LogP contribution in [0.5, 0.6) is 0 Å². The highest BCUT2D eigenvalue weighted by Crippen LogP contribution is 2.17. The van der Waals surface area contributed by atoms with Crippen LogP contribution < -0.4 is 5.32 Å². The van der Waals surface area contributed by atoms with Gasteiger partial charge in [0.1, 0.15) is 12.6 Å². The maximum Gasteiger partial charge on any atom is 0.408 e. The first-order valence-electron chi connectivity index (χ1n) is 8.41. The SMILES string of the molecule is O=C(O)CC(Cc1ccccc1)[C@H](NC(=O)OCc1ccccc1)C(=O)O. The van der Waals surface area contributed by atoms with Gasteiger partial charge in [0.05, 0.1) is 6.42 Å². The lowest BCUT2D eigenvalue weighted by atomic mass is 9.89. The summed E-state index contributed by atoms with van der Waals surface area (Å²) in [7, 11) is 0. The molecule has 0 saturated heterocycles. The van der Waals surface area contributed by atoms with Gasteiger partial charge in [-0.3, -0.25) is 4.79 Å². The molecule has 0 aromatic heterocycles. The predicted octanol–water partition coefficient (Wildman–Crippen LogP) is 2.70. The predicted molar refractivity (Wildman–Crippen MR) is 97.1 cm³/mol. The third kappa shape index (κ3) is 6.81. The second-order valence-corrected chi connectivity index (χ2v) is 6.07. The topological polar surface area (TPSA) is 113 Å². The molecule has 27 heavy (non-hydrogen) atoms. The number of nitrogens with one attached hydrogen (secondary N) is 1. The van der Waals surface area contributed by atoms with Gasteiger partial charge in [-0.25, -0.2) is 9.59 Å². The number of carbonyl (C=O) groups is 3. The highest BCUT2D eigenvalue weighted by Gasteiger charge is 2.32. The van der Waals surface area contributed by atoms with Gasteiger partial charge in [-0.05, 0) is 17.5 Å². The number of carbonyl (C=O) groups excluding carboxylic acids is 1. The van der Waals surface area contributed by atoms with Crippen molar-refractivity contribution >= 4 is 18.0 Å². The van der Waals surface area contributed by atoms with Crippen LogP contribution in [0.1, 0.15) is 17.5 Å². The average molecular weight is 371 g/mol. The number of carboxylic acids is 2. The number of alkyl carbamates (subject to hydrolysis) is 1. The Bertz CT molecular complexity index is 763. The molecule has 2 aromatic carbocycles. The Labute approximate surface area is 156 Å². The fourth-order valence-electron chi connectivity index (χ4n) is 2.72. The van der Waals surface area contributed by atoms with Gasteiger partial charge in [0.25, 0.3) is 0 Å². The van der Waals surface area contributed by atoms with Crippen LogP contribution in [-0.4, -0.2) is 34.3 Å². The van der Waals surface area contributed by atoms with Gasteiger partial charge in [0, 0.05) is 5.92 Å². The minimum Gasteiger partial charge on any atom is -0.481 e. The van der Waals surface area contributed by atoms with Crippen molar-refractivity contribution < 1.29 is 29.3 Å². The fourth-order valence-corrected chi connectivity index (χ4v) is 2.72. The first kappa shape index (κ1) is 20.0. The van der Waals surface area contributed by atoms with E-state index in [1.807, 2.05) is 12.1 Å². The summed E-state index contributed by atoms with van der Waals surface area (Å²) < 4.78 is 5.05. The van der Waals surface area contributed by atoms with Crippen molar-refractivity contribution in [3.63, 3.8) is 0 Å². The minimum absolute atomic E-state index is 0.0126. The molecule has 1 unspecified atom stereocenters. The first-order valence-corrected chi connectivity index (χ1v) is 8.41. The normalized spacial score (nSPS) is 12.6. The van der Waals surface area contributed by atoms with Gasteiger partial charge in [0.15, 0.2) is 0 Å². The van der Waals surface area contributed by atoms with E-state index >= 15 is 0 Å². The van der Waals surface area contributed by atoms with Crippen LogP contribution in [0.2, 0.25) is 0 Å². The van der Waals surface area contributed by atoms with Gasteiger partial charge in [-0.15, -0.1) is 0 Å². The molecule has 0 radical (unpaired) electrons. The van der Waals surface area contributed by atoms with Crippen LogP contribution in [0.15, 0.2) is 60.7 Å². The van der Waals surface area contributed by atoms with Crippen LogP contribution in [0.4, 0.5) is 4.79 Å². The molecule has 0 aliphatic heterocycles. The van der Waals surface area contributed by atoms with E-state index in [1.54, 1.807) is 48.5 Å². The van der Waals surface area contributed by atoms with Gasteiger partial charge >= 0.3 is 18.0 Å². The van der Waals surface area contributed by atoms with Crippen molar-refractivity contribution in [1.29, 1.82) is 0 Å². The Morgan fingerprint density at radius 2 is 1.44 bits per heavy atom. The molecule has 7 heteroatoms. The molecule has 0 bridgehead atoms. The third-order valence-corrected chi connectivity index (χ3v) is 4.00. The molecule has 1 amide bonds. The van der Waals surface area contributed by atoms with Crippen molar-refractivity contribution in [2.75, 3.05) is 0 Å². The molecule has 2 atom stereocenters. The van der Waals surface area contributed by atoms with Crippen LogP contribution in [0.25, 0.3) is 0 Å². The summed E-state index contributed by atoms with van der Waals surface area (Å²) in [6.45, 7) is -0.0126. The molecule has 3 N–H and O–H groups in total. The fraction of sp³-hybridized carbons (Fsp3) is 0.250. The molecule has 0 aliphatic carbocycles. The molecular formula is C20H21NO6. The number of ether oxygens (including phenoxy) is 1. The standard InChI is InChI=1S/C20H21NO6/c22-17(23)12-16(11-14-7-3-1-4-8-14)18(19(24)25)21-20(26)27-13-15-9-5-2-6-10-15/h1-10,16,18H,11-13H2,(H,21,26)(H,22,23)(H,24,25)/t16?,18-/m0/s1. The first-order chi connectivity index (χ1) is 13.0. The lowest BCUT2D eigenvalue weighted by Crippen LogP contribution is -2.47. The number of amides is 1. The molecule has 0 spiro atoms. The summed E-state index contributed by atoms with van der Waals surface area (Å²) in [6, 6.07) is 16.5. The van der Waals surface area contributed by atoms with Crippen LogP contribution in [0, 0.1) is 5.92 Å². The Hall–Kier alpha value is -3.35. The molecule has 0 aliphatic rings.